The molecule has 5 fully saturated rings. The van der Waals surface area contributed by atoms with Crippen LogP contribution in [-0.4, -0.2) is 46.9 Å². The SMILES string of the molecule is CC12CCC3C(CCC4C[C@](O)(C(C)(F)F)CCC43C)C1CCC2CC(CCC1(O)CCC(F)(F)CC1)S(=O)(=O)c1ccccc1. The summed E-state index contributed by atoms with van der Waals surface area (Å²) >= 11 is 0. The highest BCUT2D eigenvalue weighted by Crippen LogP contribution is 2.69. The standard InChI is InChI=1S/C37H54F4O4S/c1-32-15-14-31-29(11-9-26-24-36(43,34(3,38)39)20-17-33(26,31)2)30(32)12-10-25(32)23-28(46(44,45)27-7-5-4-6-8-27)13-16-35(42)18-21-37(40,41)22-19-35/h4-8,25-26,28-31,42-43H,9-24H2,1-3H3/t25?,26?,28?,29?,30?,31?,32?,33?,36-/m0/s1. The minimum absolute atomic E-state index is 0.0164. The normalized spacial score (nSPS) is 41.2. The molecule has 6 rings (SSSR count). The predicted molar refractivity (Wildman–Crippen MR) is 170 cm³/mol. The van der Waals surface area contributed by atoms with Gasteiger partial charge in [-0.2, -0.15) is 0 Å². The van der Waals surface area contributed by atoms with Crippen molar-refractivity contribution in [1.82, 2.24) is 0 Å². The first kappa shape index (κ1) is 34.7. The third-order valence-electron chi connectivity index (χ3n) is 14.6. The molecule has 260 valence electrons. The van der Waals surface area contributed by atoms with E-state index in [-0.39, 0.29) is 78.9 Å². The van der Waals surface area contributed by atoms with Gasteiger partial charge in [0.1, 0.15) is 5.60 Å². The monoisotopic (exact) mass is 670 g/mol. The highest BCUT2D eigenvalue weighted by molar-refractivity contribution is 7.92. The van der Waals surface area contributed by atoms with Crippen molar-refractivity contribution < 1.29 is 36.2 Å². The second kappa shape index (κ2) is 11.7. The number of hydrogen-bond acceptors (Lipinski definition) is 4. The highest BCUT2D eigenvalue weighted by atomic mass is 32.2. The van der Waals surface area contributed by atoms with E-state index in [1.807, 2.05) is 0 Å². The fraction of sp³-hybridized carbons (Fsp3) is 0.838. The van der Waals surface area contributed by atoms with E-state index >= 15 is 0 Å². The molecule has 0 radical (unpaired) electrons. The van der Waals surface area contributed by atoms with E-state index in [4.69, 9.17) is 0 Å². The molecule has 5 aliphatic carbocycles. The van der Waals surface area contributed by atoms with Gasteiger partial charge in [-0.15, -0.1) is 0 Å². The van der Waals surface area contributed by atoms with Gasteiger partial charge in [0.25, 0.3) is 5.92 Å². The van der Waals surface area contributed by atoms with Crippen molar-refractivity contribution in [2.75, 3.05) is 0 Å². The molecule has 9 heteroatoms. The van der Waals surface area contributed by atoms with Crippen molar-refractivity contribution in [3.63, 3.8) is 0 Å². The van der Waals surface area contributed by atoms with Gasteiger partial charge in [0, 0.05) is 19.8 Å². The van der Waals surface area contributed by atoms with Crippen LogP contribution in [-0.2, 0) is 9.84 Å². The van der Waals surface area contributed by atoms with Gasteiger partial charge in [-0.1, -0.05) is 32.0 Å². The highest BCUT2D eigenvalue weighted by Gasteiger charge is 2.64. The summed E-state index contributed by atoms with van der Waals surface area (Å²) in [5.74, 6) is -4.31. The summed E-state index contributed by atoms with van der Waals surface area (Å²) in [6.07, 6.45) is 6.78. The number of alkyl halides is 4. The molecule has 0 bridgehead atoms. The molecule has 0 spiro atoms. The zero-order valence-electron chi connectivity index (χ0n) is 27.8. The van der Waals surface area contributed by atoms with Crippen molar-refractivity contribution in [3.8, 4) is 0 Å². The molecular formula is C37H54F4O4S. The zero-order chi connectivity index (χ0) is 33.4. The van der Waals surface area contributed by atoms with Crippen LogP contribution in [0, 0.1) is 40.4 Å². The van der Waals surface area contributed by atoms with Crippen molar-refractivity contribution in [1.29, 1.82) is 0 Å². The molecule has 0 aliphatic heterocycles. The summed E-state index contributed by atoms with van der Waals surface area (Å²) < 4.78 is 85.0. The maximum absolute atomic E-state index is 14.5. The van der Waals surface area contributed by atoms with E-state index in [1.54, 1.807) is 30.3 Å². The van der Waals surface area contributed by atoms with Crippen LogP contribution < -0.4 is 0 Å². The van der Waals surface area contributed by atoms with E-state index in [1.165, 1.54) is 0 Å². The minimum atomic E-state index is -3.72. The Morgan fingerprint density at radius 3 is 2.15 bits per heavy atom. The average molecular weight is 671 g/mol. The van der Waals surface area contributed by atoms with Crippen molar-refractivity contribution in [3.05, 3.63) is 30.3 Å². The number of fused-ring (bicyclic) bond motifs is 5. The molecule has 0 amide bonds. The summed E-state index contributed by atoms with van der Waals surface area (Å²) in [5.41, 5.74) is -3.32. The van der Waals surface area contributed by atoms with Gasteiger partial charge in [0.15, 0.2) is 9.84 Å². The molecule has 5 saturated carbocycles. The first-order valence-corrected chi connectivity index (χ1v) is 19.4. The molecule has 2 N–H and O–H groups in total. The predicted octanol–water partition coefficient (Wildman–Crippen LogP) is 8.98. The Morgan fingerprint density at radius 2 is 1.50 bits per heavy atom. The maximum atomic E-state index is 14.5. The fourth-order valence-electron chi connectivity index (χ4n) is 11.4. The molecule has 8 unspecified atom stereocenters. The lowest BCUT2D eigenvalue weighted by atomic mass is 9.43. The summed E-state index contributed by atoms with van der Waals surface area (Å²) in [7, 11) is -3.72. The topological polar surface area (TPSA) is 74.6 Å². The van der Waals surface area contributed by atoms with Gasteiger partial charge < -0.3 is 10.2 Å². The molecular weight excluding hydrogens is 616 g/mol. The Morgan fingerprint density at radius 1 is 0.848 bits per heavy atom. The summed E-state index contributed by atoms with van der Waals surface area (Å²) in [6.45, 7) is 5.48. The lowest BCUT2D eigenvalue weighted by Gasteiger charge is -2.62. The van der Waals surface area contributed by atoms with Crippen LogP contribution in [0.15, 0.2) is 35.2 Å². The zero-order valence-corrected chi connectivity index (χ0v) is 28.6. The number of halogens is 4. The molecule has 0 aromatic heterocycles. The molecule has 4 nitrogen and oxygen atoms in total. The maximum Gasteiger partial charge on any atom is 0.273 e. The molecule has 1 aromatic rings. The molecule has 1 aromatic carbocycles. The second-order valence-electron chi connectivity index (χ2n) is 16.9. The van der Waals surface area contributed by atoms with Gasteiger partial charge >= 0.3 is 0 Å². The van der Waals surface area contributed by atoms with Crippen LogP contribution in [0.1, 0.15) is 124 Å². The van der Waals surface area contributed by atoms with Crippen molar-refractivity contribution in [2.24, 2.45) is 40.4 Å². The van der Waals surface area contributed by atoms with Crippen molar-refractivity contribution in [2.45, 2.75) is 157 Å². The first-order chi connectivity index (χ1) is 21.3. The number of aliphatic hydroxyl groups is 2. The summed E-state index contributed by atoms with van der Waals surface area (Å²) in [4.78, 5) is 0.270. The van der Waals surface area contributed by atoms with Gasteiger partial charge in [-0.3, -0.25) is 0 Å². The molecule has 5 aliphatic rings. The van der Waals surface area contributed by atoms with Crippen LogP contribution in [0.4, 0.5) is 17.6 Å². The molecule has 9 atom stereocenters. The fourth-order valence-corrected chi connectivity index (χ4v) is 13.3. The lowest BCUT2D eigenvalue weighted by Crippen LogP contribution is -2.59. The van der Waals surface area contributed by atoms with E-state index in [9.17, 15) is 36.2 Å². The van der Waals surface area contributed by atoms with Gasteiger partial charge in [-0.05, 0) is 142 Å². The van der Waals surface area contributed by atoms with Crippen LogP contribution in [0.25, 0.3) is 0 Å². The number of rotatable bonds is 8. The molecule has 0 heterocycles. The first-order valence-electron chi connectivity index (χ1n) is 17.8. The van der Waals surface area contributed by atoms with E-state index in [0.29, 0.717) is 30.6 Å². The Hall–Kier alpha value is -1.19. The van der Waals surface area contributed by atoms with Crippen LogP contribution >= 0.6 is 0 Å². The van der Waals surface area contributed by atoms with Gasteiger partial charge in [0.05, 0.1) is 15.7 Å². The Bertz CT molecular complexity index is 1350. The van der Waals surface area contributed by atoms with Gasteiger partial charge in [-0.25, -0.2) is 26.0 Å². The smallest absolute Gasteiger partial charge is 0.273 e. The lowest BCUT2D eigenvalue weighted by molar-refractivity contribution is -0.225. The van der Waals surface area contributed by atoms with E-state index in [2.05, 4.69) is 13.8 Å². The Kier molecular flexibility index (Phi) is 8.82. The third-order valence-corrected chi connectivity index (χ3v) is 16.9. The number of benzene rings is 1. The minimum Gasteiger partial charge on any atom is -0.390 e. The van der Waals surface area contributed by atoms with Crippen LogP contribution in [0.2, 0.25) is 0 Å². The van der Waals surface area contributed by atoms with E-state index in [0.717, 1.165) is 45.4 Å². The van der Waals surface area contributed by atoms with E-state index < -0.39 is 38.1 Å². The number of sulfone groups is 1. The third kappa shape index (κ3) is 5.99. The summed E-state index contributed by atoms with van der Waals surface area (Å²) in [6, 6.07) is 8.48. The van der Waals surface area contributed by atoms with Crippen LogP contribution in [0.3, 0.4) is 0 Å². The van der Waals surface area contributed by atoms with Crippen molar-refractivity contribution >= 4 is 9.84 Å². The largest absolute Gasteiger partial charge is 0.390 e. The molecule has 0 saturated heterocycles. The quantitative estimate of drug-likeness (QED) is 0.271. The average Bonchev–Trinajstić information content (AvgIpc) is 3.33. The number of hydrogen-bond donors (Lipinski definition) is 2. The van der Waals surface area contributed by atoms with Crippen LogP contribution in [0.5, 0.6) is 0 Å². The summed E-state index contributed by atoms with van der Waals surface area (Å²) in [5, 5.41) is 21.5. The van der Waals surface area contributed by atoms with Gasteiger partial charge in [0.2, 0.25) is 5.92 Å². The second-order valence-corrected chi connectivity index (χ2v) is 19.2. The molecule has 46 heavy (non-hydrogen) atoms. The Balaban J connectivity index is 1.20. The Labute approximate surface area is 273 Å².